The van der Waals surface area contributed by atoms with E-state index >= 15 is 0 Å². The Kier molecular flexibility index (Phi) is 4.80. The van der Waals surface area contributed by atoms with E-state index < -0.39 is 0 Å². The first kappa shape index (κ1) is 17.2. The van der Waals surface area contributed by atoms with Crippen molar-refractivity contribution in [2.75, 3.05) is 32.5 Å². The van der Waals surface area contributed by atoms with Gasteiger partial charge >= 0.3 is 0 Å². The van der Waals surface area contributed by atoms with Crippen molar-refractivity contribution in [1.29, 1.82) is 0 Å². The van der Waals surface area contributed by atoms with E-state index in [1.54, 1.807) is 12.4 Å². The molecule has 0 bridgehead atoms. The van der Waals surface area contributed by atoms with Crippen LogP contribution in [0.2, 0.25) is 0 Å². The largest absolute Gasteiger partial charge is 0.366 e. The number of nitrogens with zero attached hydrogens (tertiary/aromatic N) is 5. The third kappa shape index (κ3) is 3.52. The summed E-state index contributed by atoms with van der Waals surface area (Å²) in [6, 6.07) is 14.3. The molecule has 0 saturated carbocycles. The van der Waals surface area contributed by atoms with E-state index in [9.17, 15) is 0 Å². The molecular weight excluding hydrogens is 336 g/mol. The third-order valence-electron chi connectivity index (χ3n) is 4.39. The summed E-state index contributed by atoms with van der Waals surface area (Å²) < 4.78 is 2.10. The average Bonchev–Trinajstić information content (AvgIpc) is 3.09. The molecule has 1 N–H and O–H groups in total. The molecule has 3 heterocycles. The van der Waals surface area contributed by atoms with E-state index in [2.05, 4.69) is 50.8 Å². The number of benzene rings is 1. The van der Waals surface area contributed by atoms with E-state index in [0.717, 1.165) is 47.1 Å². The van der Waals surface area contributed by atoms with Gasteiger partial charge in [-0.25, -0.2) is 9.97 Å². The summed E-state index contributed by atoms with van der Waals surface area (Å²) in [6.07, 6.45) is 7.38. The topological polar surface area (TPSA) is 58.4 Å². The first-order valence-corrected chi connectivity index (χ1v) is 8.95. The number of pyridine rings is 1. The lowest BCUT2D eigenvalue weighted by Crippen LogP contribution is -2.21. The van der Waals surface area contributed by atoms with Gasteiger partial charge in [0, 0.05) is 49.0 Å². The number of nitrogens with one attached hydrogen (secondary N) is 1. The van der Waals surface area contributed by atoms with Gasteiger partial charge in [0.05, 0.1) is 11.4 Å². The van der Waals surface area contributed by atoms with Gasteiger partial charge in [0.25, 0.3) is 0 Å². The molecule has 3 aromatic heterocycles. The molecule has 136 valence electrons. The van der Waals surface area contributed by atoms with Gasteiger partial charge in [0.2, 0.25) is 0 Å². The molecule has 27 heavy (non-hydrogen) atoms. The summed E-state index contributed by atoms with van der Waals surface area (Å²) in [7, 11) is 4.11. The molecule has 0 aliphatic rings. The van der Waals surface area contributed by atoms with Crippen molar-refractivity contribution in [3.05, 3.63) is 67.3 Å². The minimum atomic E-state index is 0.789. The number of rotatable bonds is 6. The highest BCUT2D eigenvalue weighted by molar-refractivity contribution is 5.84. The Balaban J connectivity index is 1.88. The maximum Gasteiger partial charge on any atom is 0.181 e. The van der Waals surface area contributed by atoms with Gasteiger partial charge in [-0.1, -0.05) is 30.3 Å². The molecule has 0 saturated heterocycles. The Hall–Kier alpha value is -3.25. The lowest BCUT2D eigenvalue weighted by Gasteiger charge is -2.11. The normalized spacial score (nSPS) is 11.2. The number of imidazole rings is 1. The number of hydrogen-bond acceptors (Lipinski definition) is 5. The monoisotopic (exact) mass is 358 g/mol. The molecule has 0 spiro atoms. The maximum absolute atomic E-state index is 4.96. The molecule has 0 radical (unpaired) electrons. The van der Waals surface area contributed by atoms with E-state index in [4.69, 9.17) is 4.98 Å². The first-order chi connectivity index (χ1) is 13.2. The van der Waals surface area contributed by atoms with Crippen LogP contribution in [0.5, 0.6) is 0 Å². The first-order valence-electron chi connectivity index (χ1n) is 8.95. The average molecular weight is 358 g/mol. The molecule has 0 aliphatic carbocycles. The summed E-state index contributed by atoms with van der Waals surface area (Å²) >= 11 is 0. The fourth-order valence-electron chi connectivity index (χ4n) is 3.08. The second-order valence-electron chi connectivity index (χ2n) is 6.61. The second-order valence-corrected chi connectivity index (χ2v) is 6.61. The van der Waals surface area contributed by atoms with Crippen molar-refractivity contribution in [3.63, 3.8) is 0 Å². The van der Waals surface area contributed by atoms with Crippen LogP contribution in [0.15, 0.2) is 67.3 Å². The summed E-state index contributed by atoms with van der Waals surface area (Å²) in [5, 5.41) is 3.41. The van der Waals surface area contributed by atoms with Crippen LogP contribution in [0.1, 0.15) is 0 Å². The van der Waals surface area contributed by atoms with Crippen LogP contribution in [0.3, 0.4) is 0 Å². The molecule has 6 heteroatoms. The zero-order chi connectivity index (χ0) is 18.6. The fourth-order valence-corrected chi connectivity index (χ4v) is 3.08. The smallest absolute Gasteiger partial charge is 0.181 e. The molecule has 0 amide bonds. The SMILES string of the molecule is CN(C)CCNc1nccn2c(-c3ccncc3)c(-c3ccccc3)nc12. The molecule has 1 aromatic carbocycles. The predicted octanol–water partition coefficient (Wildman–Crippen LogP) is 3.43. The molecule has 0 fully saturated rings. The Morgan fingerprint density at radius 1 is 0.963 bits per heavy atom. The third-order valence-corrected chi connectivity index (χ3v) is 4.39. The summed E-state index contributed by atoms with van der Waals surface area (Å²) in [5.74, 6) is 0.789. The highest BCUT2D eigenvalue weighted by Crippen LogP contribution is 2.33. The maximum atomic E-state index is 4.96. The number of hydrogen-bond donors (Lipinski definition) is 1. The zero-order valence-corrected chi connectivity index (χ0v) is 15.5. The lowest BCUT2D eigenvalue weighted by atomic mass is 10.1. The number of fused-ring (bicyclic) bond motifs is 1. The summed E-state index contributed by atoms with van der Waals surface area (Å²) in [4.78, 5) is 15.8. The molecule has 4 rings (SSSR count). The van der Waals surface area contributed by atoms with Crippen LogP contribution in [0, 0.1) is 0 Å². The van der Waals surface area contributed by atoms with Crippen LogP contribution in [0.4, 0.5) is 5.82 Å². The Morgan fingerprint density at radius 2 is 1.74 bits per heavy atom. The number of anilines is 1. The molecule has 0 atom stereocenters. The number of likely N-dealkylation sites (N-methyl/N-ethyl adjacent to an activating group) is 1. The highest BCUT2D eigenvalue weighted by atomic mass is 15.1. The van der Waals surface area contributed by atoms with Crippen molar-refractivity contribution >= 4 is 11.5 Å². The van der Waals surface area contributed by atoms with Crippen LogP contribution >= 0.6 is 0 Å². The molecule has 4 aromatic rings. The number of aromatic nitrogens is 4. The zero-order valence-electron chi connectivity index (χ0n) is 15.5. The van der Waals surface area contributed by atoms with Crippen molar-refractivity contribution in [1.82, 2.24) is 24.3 Å². The van der Waals surface area contributed by atoms with Gasteiger partial charge in [-0.3, -0.25) is 9.38 Å². The van der Waals surface area contributed by atoms with Crippen LogP contribution < -0.4 is 5.32 Å². The standard InChI is InChI=1S/C21H22N6/c1-26(2)14-12-23-20-21-25-18(16-6-4-3-5-7-16)19(27(21)15-13-24-20)17-8-10-22-11-9-17/h3-11,13,15H,12,14H2,1-2H3,(H,23,24). The van der Waals surface area contributed by atoms with Crippen LogP contribution in [-0.2, 0) is 0 Å². The van der Waals surface area contributed by atoms with E-state index in [1.165, 1.54) is 0 Å². The van der Waals surface area contributed by atoms with Gasteiger partial charge < -0.3 is 10.2 Å². The van der Waals surface area contributed by atoms with E-state index in [1.807, 2.05) is 42.7 Å². The van der Waals surface area contributed by atoms with E-state index in [-0.39, 0.29) is 0 Å². The quantitative estimate of drug-likeness (QED) is 0.572. The summed E-state index contributed by atoms with van der Waals surface area (Å²) in [6.45, 7) is 1.73. The lowest BCUT2D eigenvalue weighted by molar-refractivity contribution is 0.425. The molecule has 6 nitrogen and oxygen atoms in total. The van der Waals surface area contributed by atoms with Crippen LogP contribution in [0.25, 0.3) is 28.2 Å². The van der Waals surface area contributed by atoms with Gasteiger partial charge in [0.1, 0.15) is 0 Å². The Labute approximate surface area is 158 Å². The Bertz CT molecular complexity index is 1020. The van der Waals surface area contributed by atoms with Crippen molar-refractivity contribution < 1.29 is 0 Å². The fraction of sp³-hybridized carbons (Fsp3) is 0.190. The van der Waals surface area contributed by atoms with Crippen molar-refractivity contribution in [2.45, 2.75) is 0 Å². The molecule has 0 unspecified atom stereocenters. The minimum Gasteiger partial charge on any atom is -0.366 e. The molecule has 0 aliphatic heterocycles. The van der Waals surface area contributed by atoms with Gasteiger partial charge in [-0.05, 0) is 26.2 Å². The molecular formula is C21H22N6. The predicted molar refractivity (Wildman–Crippen MR) is 109 cm³/mol. The van der Waals surface area contributed by atoms with Gasteiger partial charge in [-0.2, -0.15) is 0 Å². The Morgan fingerprint density at radius 3 is 2.48 bits per heavy atom. The van der Waals surface area contributed by atoms with Crippen molar-refractivity contribution in [2.24, 2.45) is 0 Å². The van der Waals surface area contributed by atoms with Gasteiger partial charge in [0.15, 0.2) is 11.5 Å². The van der Waals surface area contributed by atoms with Crippen molar-refractivity contribution in [3.8, 4) is 22.5 Å². The van der Waals surface area contributed by atoms with Crippen LogP contribution in [-0.4, -0.2) is 51.4 Å². The van der Waals surface area contributed by atoms with Gasteiger partial charge in [-0.15, -0.1) is 0 Å². The highest BCUT2D eigenvalue weighted by Gasteiger charge is 2.18. The minimum absolute atomic E-state index is 0.789. The summed E-state index contributed by atoms with van der Waals surface area (Å²) in [5.41, 5.74) is 4.94. The van der Waals surface area contributed by atoms with E-state index in [0.29, 0.717) is 0 Å². The second kappa shape index (κ2) is 7.55.